The van der Waals surface area contributed by atoms with Crippen LogP contribution in [0.15, 0.2) is 53.7 Å². The molecular formula is C22H22ClN3O2S. The van der Waals surface area contributed by atoms with E-state index in [1.807, 2.05) is 28.8 Å². The van der Waals surface area contributed by atoms with Crippen LogP contribution in [-0.2, 0) is 14.9 Å². The SMILES string of the molecule is CC(C)(C)c1ccc(-c2nnc(S[C@H]3CCOC3=O)n2-c2ccccc2Cl)cc1. The monoisotopic (exact) mass is 427 g/mol. The molecule has 2 aromatic carbocycles. The van der Waals surface area contributed by atoms with Crippen molar-refractivity contribution in [3.05, 3.63) is 59.1 Å². The molecule has 0 aliphatic carbocycles. The number of nitrogens with zero attached hydrogens (tertiary/aromatic N) is 3. The second-order valence-corrected chi connectivity index (χ2v) is 9.56. The Balaban J connectivity index is 1.80. The largest absolute Gasteiger partial charge is 0.465 e. The van der Waals surface area contributed by atoms with Crippen molar-refractivity contribution in [1.82, 2.24) is 14.8 Å². The van der Waals surface area contributed by atoms with E-state index < -0.39 is 0 Å². The Labute approximate surface area is 179 Å². The lowest BCUT2D eigenvalue weighted by molar-refractivity contribution is -0.137. The number of hydrogen-bond acceptors (Lipinski definition) is 5. The van der Waals surface area contributed by atoms with E-state index in [-0.39, 0.29) is 16.6 Å². The van der Waals surface area contributed by atoms with Crippen LogP contribution in [0.3, 0.4) is 0 Å². The van der Waals surface area contributed by atoms with Crippen molar-refractivity contribution in [2.24, 2.45) is 0 Å². The van der Waals surface area contributed by atoms with Crippen molar-refractivity contribution >= 4 is 29.3 Å². The van der Waals surface area contributed by atoms with Crippen molar-refractivity contribution in [3.63, 3.8) is 0 Å². The highest BCUT2D eigenvalue weighted by Gasteiger charge is 2.30. The number of cyclic esters (lactones) is 1. The summed E-state index contributed by atoms with van der Waals surface area (Å²) in [7, 11) is 0. The van der Waals surface area contributed by atoms with Gasteiger partial charge in [0, 0.05) is 12.0 Å². The third kappa shape index (κ3) is 4.05. The first-order valence-electron chi connectivity index (χ1n) is 9.49. The maximum Gasteiger partial charge on any atom is 0.319 e. The molecule has 2 heterocycles. The standard InChI is InChI=1S/C22H22ClN3O2S/c1-22(2,3)15-10-8-14(9-11-15)19-24-25-21(29-18-12-13-28-20(18)27)26(19)17-7-5-4-6-16(17)23/h4-11,18H,12-13H2,1-3H3/t18-/m0/s1. The maximum absolute atomic E-state index is 12.0. The molecule has 7 heteroatoms. The Hall–Kier alpha value is -2.31. The van der Waals surface area contributed by atoms with E-state index in [4.69, 9.17) is 16.3 Å². The van der Waals surface area contributed by atoms with Crippen LogP contribution in [0, 0.1) is 0 Å². The highest BCUT2D eigenvalue weighted by molar-refractivity contribution is 8.00. The van der Waals surface area contributed by atoms with Crippen molar-refractivity contribution in [1.29, 1.82) is 0 Å². The van der Waals surface area contributed by atoms with E-state index in [2.05, 4.69) is 55.2 Å². The minimum atomic E-state index is -0.281. The Morgan fingerprint density at radius 2 is 1.83 bits per heavy atom. The van der Waals surface area contributed by atoms with E-state index >= 15 is 0 Å². The lowest BCUT2D eigenvalue weighted by Gasteiger charge is -2.19. The zero-order valence-corrected chi connectivity index (χ0v) is 18.1. The molecule has 3 aromatic rings. The number of benzene rings is 2. The van der Waals surface area contributed by atoms with Crippen molar-refractivity contribution in [3.8, 4) is 17.1 Å². The third-order valence-electron chi connectivity index (χ3n) is 4.87. The van der Waals surface area contributed by atoms with Gasteiger partial charge in [-0.3, -0.25) is 9.36 Å². The maximum atomic E-state index is 12.0. The van der Waals surface area contributed by atoms with E-state index in [0.29, 0.717) is 29.0 Å². The van der Waals surface area contributed by atoms with Gasteiger partial charge in [-0.15, -0.1) is 10.2 Å². The number of hydrogen-bond donors (Lipinski definition) is 0. The van der Waals surface area contributed by atoms with Crippen molar-refractivity contribution in [2.75, 3.05) is 6.61 Å². The Kier molecular flexibility index (Phi) is 5.40. The fourth-order valence-electron chi connectivity index (χ4n) is 3.21. The van der Waals surface area contributed by atoms with E-state index in [0.717, 1.165) is 11.3 Å². The zero-order chi connectivity index (χ0) is 20.6. The summed E-state index contributed by atoms with van der Waals surface area (Å²) in [5.74, 6) is 0.479. The van der Waals surface area contributed by atoms with Gasteiger partial charge in [0.2, 0.25) is 0 Å². The number of ether oxygens (including phenoxy) is 1. The highest BCUT2D eigenvalue weighted by atomic mass is 35.5. The number of halogens is 1. The fourth-order valence-corrected chi connectivity index (χ4v) is 4.45. The molecule has 29 heavy (non-hydrogen) atoms. The summed E-state index contributed by atoms with van der Waals surface area (Å²) in [4.78, 5) is 12.0. The Morgan fingerprint density at radius 3 is 2.45 bits per heavy atom. The topological polar surface area (TPSA) is 57.0 Å². The lowest BCUT2D eigenvalue weighted by atomic mass is 9.87. The minimum Gasteiger partial charge on any atom is -0.465 e. The van der Waals surface area contributed by atoms with Crippen LogP contribution >= 0.6 is 23.4 Å². The summed E-state index contributed by atoms with van der Waals surface area (Å²) >= 11 is 7.87. The molecule has 1 fully saturated rings. The quantitative estimate of drug-likeness (QED) is 0.529. The molecule has 1 aliphatic rings. The summed E-state index contributed by atoms with van der Waals surface area (Å²) in [5, 5.41) is 9.77. The van der Waals surface area contributed by atoms with Gasteiger partial charge in [0.25, 0.3) is 0 Å². The van der Waals surface area contributed by atoms with Gasteiger partial charge in [-0.25, -0.2) is 0 Å². The molecule has 0 bridgehead atoms. The van der Waals surface area contributed by atoms with Crippen molar-refractivity contribution < 1.29 is 9.53 Å². The molecule has 0 unspecified atom stereocenters. The zero-order valence-electron chi connectivity index (χ0n) is 16.6. The molecule has 0 saturated carbocycles. The normalized spacial score (nSPS) is 16.8. The van der Waals surface area contributed by atoms with Gasteiger partial charge < -0.3 is 4.74 Å². The lowest BCUT2D eigenvalue weighted by Crippen LogP contribution is -2.11. The molecule has 4 rings (SSSR count). The van der Waals surface area contributed by atoms with Gasteiger partial charge >= 0.3 is 5.97 Å². The minimum absolute atomic E-state index is 0.0682. The summed E-state index contributed by atoms with van der Waals surface area (Å²) in [5.41, 5.74) is 3.03. The first kappa shape index (κ1) is 20.0. The molecule has 1 saturated heterocycles. The van der Waals surface area contributed by atoms with E-state index in [9.17, 15) is 4.79 Å². The predicted molar refractivity (Wildman–Crippen MR) is 116 cm³/mol. The molecule has 0 spiro atoms. The molecule has 1 atom stereocenters. The molecule has 0 amide bonds. The first-order valence-corrected chi connectivity index (χ1v) is 10.7. The van der Waals surface area contributed by atoms with Crippen LogP contribution in [0.1, 0.15) is 32.8 Å². The predicted octanol–water partition coefficient (Wildman–Crippen LogP) is 5.29. The molecule has 0 radical (unpaired) electrons. The highest BCUT2D eigenvalue weighted by Crippen LogP contribution is 2.35. The van der Waals surface area contributed by atoms with Crippen LogP contribution in [0.2, 0.25) is 5.02 Å². The molecule has 1 aliphatic heterocycles. The van der Waals surface area contributed by atoms with Crippen LogP contribution < -0.4 is 0 Å². The van der Waals surface area contributed by atoms with Crippen molar-refractivity contribution in [2.45, 2.75) is 43.0 Å². The van der Waals surface area contributed by atoms with Crippen LogP contribution in [0.25, 0.3) is 17.1 Å². The average Bonchev–Trinajstić information content (AvgIpc) is 3.28. The van der Waals surface area contributed by atoms with Gasteiger partial charge in [0.1, 0.15) is 5.25 Å². The van der Waals surface area contributed by atoms with Gasteiger partial charge in [-0.2, -0.15) is 0 Å². The van der Waals surface area contributed by atoms with E-state index in [1.165, 1.54) is 17.3 Å². The number of esters is 1. The van der Waals surface area contributed by atoms with Gasteiger partial charge in [-0.1, -0.05) is 80.5 Å². The first-order chi connectivity index (χ1) is 13.8. The fraction of sp³-hybridized carbons (Fsp3) is 0.318. The molecular weight excluding hydrogens is 406 g/mol. The second-order valence-electron chi connectivity index (χ2n) is 7.98. The smallest absolute Gasteiger partial charge is 0.319 e. The summed E-state index contributed by atoms with van der Waals surface area (Å²) in [6.07, 6.45) is 0.661. The van der Waals surface area contributed by atoms with Gasteiger partial charge in [0.15, 0.2) is 11.0 Å². The number of rotatable bonds is 4. The number of para-hydroxylation sites is 1. The van der Waals surface area contributed by atoms with Gasteiger partial charge in [0.05, 0.1) is 17.3 Å². The van der Waals surface area contributed by atoms with Crippen LogP contribution in [0.5, 0.6) is 0 Å². The molecule has 1 aromatic heterocycles. The number of thioether (sulfide) groups is 1. The van der Waals surface area contributed by atoms with Crippen LogP contribution in [-0.4, -0.2) is 32.6 Å². The molecule has 150 valence electrons. The molecule has 5 nitrogen and oxygen atoms in total. The summed E-state index contributed by atoms with van der Waals surface area (Å²) in [6.45, 7) is 6.99. The van der Waals surface area contributed by atoms with Gasteiger partial charge in [-0.05, 0) is 23.1 Å². The summed E-state index contributed by atoms with van der Waals surface area (Å²) < 4.78 is 7.02. The number of carbonyl (C=O) groups excluding carboxylic acids is 1. The Bertz CT molecular complexity index is 1040. The third-order valence-corrected chi connectivity index (χ3v) is 6.38. The van der Waals surface area contributed by atoms with E-state index in [1.54, 1.807) is 0 Å². The molecule has 0 N–H and O–H groups in total. The Morgan fingerprint density at radius 1 is 1.10 bits per heavy atom. The second kappa shape index (κ2) is 7.84. The van der Waals surface area contributed by atoms with Crippen LogP contribution in [0.4, 0.5) is 0 Å². The average molecular weight is 428 g/mol. The number of carbonyl (C=O) groups is 1. The summed E-state index contributed by atoms with van der Waals surface area (Å²) in [6, 6.07) is 15.9. The number of aromatic nitrogens is 3.